The summed E-state index contributed by atoms with van der Waals surface area (Å²) in [5.74, 6) is 3.41. The molecule has 0 atom stereocenters. The Balaban J connectivity index is 1.39. The molecule has 0 N–H and O–H groups in total. The summed E-state index contributed by atoms with van der Waals surface area (Å²) in [5, 5.41) is 10.3. The van der Waals surface area contributed by atoms with E-state index in [9.17, 15) is 10.1 Å². The number of terminal acetylenes is 1. The summed E-state index contributed by atoms with van der Waals surface area (Å²) >= 11 is 0. The Morgan fingerprint density at radius 3 is 2.56 bits per heavy atom. The summed E-state index contributed by atoms with van der Waals surface area (Å²) in [4.78, 5) is 16.4. The van der Waals surface area contributed by atoms with Crippen molar-refractivity contribution in [2.75, 3.05) is 26.3 Å². The van der Waals surface area contributed by atoms with Gasteiger partial charge < -0.3 is 14.0 Å². The largest absolute Gasteiger partial charge is 0.489 e. The quantitative estimate of drug-likeness (QED) is 0.528. The molecule has 0 unspecified atom stereocenters. The highest BCUT2D eigenvalue weighted by atomic mass is 16.5. The van der Waals surface area contributed by atoms with Crippen LogP contribution in [-0.2, 0) is 17.2 Å². The summed E-state index contributed by atoms with van der Waals surface area (Å²) in [6.45, 7) is 7.91. The Morgan fingerprint density at radius 2 is 1.92 bits per heavy atom. The summed E-state index contributed by atoms with van der Waals surface area (Å²) in [5.41, 5.74) is 4.80. The second-order valence-electron chi connectivity index (χ2n) is 10.7. The molecule has 3 aliphatic rings. The van der Waals surface area contributed by atoms with Gasteiger partial charge in [0.05, 0.1) is 47.5 Å². The number of aryl methyl sites for hydroxylation is 1. The van der Waals surface area contributed by atoms with E-state index in [2.05, 4.69) is 35.3 Å². The summed E-state index contributed by atoms with van der Waals surface area (Å²) < 4.78 is 13.9. The van der Waals surface area contributed by atoms with Crippen LogP contribution in [0.2, 0.25) is 0 Å². The molecule has 0 spiro atoms. The van der Waals surface area contributed by atoms with Crippen LogP contribution in [0.3, 0.4) is 0 Å². The molecular formula is C30H29N3O3. The predicted octanol–water partition coefficient (Wildman–Crippen LogP) is 4.14. The number of hydrogen-bond acceptors (Lipinski definition) is 5. The monoisotopic (exact) mass is 479 g/mol. The summed E-state index contributed by atoms with van der Waals surface area (Å²) in [6, 6.07) is 12.1. The minimum absolute atomic E-state index is 0.0336. The van der Waals surface area contributed by atoms with E-state index in [0.29, 0.717) is 34.0 Å². The highest BCUT2D eigenvalue weighted by molar-refractivity contribution is 6.20. The number of carbonyl (C=O) groups excluding carboxylic acids is 1. The van der Waals surface area contributed by atoms with E-state index in [-0.39, 0.29) is 11.9 Å². The van der Waals surface area contributed by atoms with Gasteiger partial charge in [-0.15, -0.1) is 6.42 Å². The van der Waals surface area contributed by atoms with Crippen LogP contribution >= 0.6 is 0 Å². The lowest BCUT2D eigenvalue weighted by Crippen LogP contribution is -2.52. The van der Waals surface area contributed by atoms with E-state index in [1.165, 1.54) is 0 Å². The van der Waals surface area contributed by atoms with Gasteiger partial charge in [0.15, 0.2) is 5.78 Å². The molecular weight excluding hydrogens is 450 g/mol. The third-order valence-corrected chi connectivity index (χ3v) is 8.25. The zero-order chi connectivity index (χ0) is 25.2. The van der Waals surface area contributed by atoms with Crippen LogP contribution in [0.15, 0.2) is 30.3 Å². The molecule has 2 saturated heterocycles. The van der Waals surface area contributed by atoms with Gasteiger partial charge in [-0.2, -0.15) is 5.26 Å². The standard InChI is InChI=1S/C30H29N3O3/c1-5-19-13-23-24(14-26(19)36-21-8-10-33(11-9-21)20-16-35-17-20)30(2,3)29-27(28(23)34)22-7-6-18(15-31)12-25(22)32(29)4/h1,6-7,12-14,20-21H,8-11,16-17H2,2-4H3. The number of carbonyl (C=O) groups is 1. The van der Waals surface area contributed by atoms with Crippen LogP contribution in [0.25, 0.3) is 10.9 Å². The minimum Gasteiger partial charge on any atom is -0.489 e. The van der Waals surface area contributed by atoms with Gasteiger partial charge in [-0.3, -0.25) is 9.69 Å². The number of fused-ring (bicyclic) bond motifs is 4. The van der Waals surface area contributed by atoms with Gasteiger partial charge >= 0.3 is 0 Å². The molecule has 3 aromatic rings. The number of benzene rings is 2. The maximum atomic E-state index is 13.9. The number of likely N-dealkylation sites (tertiary alicyclic amines) is 1. The molecule has 2 fully saturated rings. The fourth-order valence-electron chi connectivity index (χ4n) is 6.20. The van der Waals surface area contributed by atoms with E-state index < -0.39 is 5.41 Å². The first-order valence-electron chi connectivity index (χ1n) is 12.5. The molecule has 3 heterocycles. The van der Waals surface area contributed by atoms with Crippen molar-refractivity contribution >= 4 is 16.7 Å². The van der Waals surface area contributed by atoms with E-state index in [0.717, 1.165) is 61.3 Å². The highest BCUT2D eigenvalue weighted by Gasteiger charge is 2.42. The Hall–Kier alpha value is -3.58. The molecule has 36 heavy (non-hydrogen) atoms. The first-order chi connectivity index (χ1) is 17.3. The average molecular weight is 480 g/mol. The number of aromatic nitrogens is 1. The molecule has 0 amide bonds. The Bertz CT molecular complexity index is 1490. The predicted molar refractivity (Wildman–Crippen MR) is 137 cm³/mol. The second kappa shape index (κ2) is 8.23. The van der Waals surface area contributed by atoms with Crippen molar-refractivity contribution in [1.82, 2.24) is 9.47 Å². The number of nitriles is 1. The van der Waals surface area contributed by atoms with Crippen molar-refractivity contribution in [3.8, 4) is 24.2 Å². The average Bonchev–Trinajstić information content (AvgIpc) is 3.15. The molecule has 2 aliphatic heterocycles. The zero-order valence-electron chi connectivity index (χ0n) is 20.9. The molecule has 0 radical (unpaired) electrons. The Morgan fingerprint density at radius 1 is 1.17 bits per heavy atom. The van der Waals surface area contributed by atoms with Gasteiger partial charge in [0.25, 0.3) is 0 Å². The van der Waals surface area contributed by atoms with Crippen molar-refractivity contribution < 1.29 is 14.3 Å². The molecule has 6 heteroatoms. The fourth-order valence-corrected chi connectivity index (χ4v) is 6.20. The zero-order valence-corrected chi connectivity index (χ0v) is 20.9. The normalized spacial score (nSPS) is 19.8. The Labute approximate surface area is 211 Å². The highest BCUT2D eigenvalue weighted by Crippen LogP contribution is 2.47. The molecule has 1 aliphatic carbocycles. The van der Waals surface area contributed by atoms with E-state index in [1.54, 1.807) is 6.07 Å². The second-order valence-corrected chi connectivity index (χ2v) is 10.7. The number of piperidine rings is 1. The van der Waals surface area contributed by atoms with Crippen molar-refractivity contribution in [3.63, 3.8) is 0 Å². The van der Waals surface area contributed by atoms with Crippen LogP contribution in [0.5, 0.6) is 5.75 Å². The SMILES string of the molecule is C#Cc1cc2c(cc1OC1CCN(C3COC3)CC1)C(C)(C)c1c(c3ccc(C#N)cc3n1C)C2=O. The summed E-state index contributed by atoms with van der Waals surface area (Å²) in [7, 11) is 1.97. The molecule has 6 rings (SSSR count). The number of ether oxygens (including phenoxy) is 2. The van der Waals surface area contributed by atoms with Crippen molar-refractivity contribution in [1.29, 1.82) is 5.26 Å². The van der Waals surface area contributed by atoms with Gasteiger partial charge in [0.1, 0.15) is 11.9 Å². The lowest BCUT2D eigenvalue weighted by Gasteiger charge is -2.41. The van der Waals surface area contributed by atoms with E-state index in [1.807, 2.05) is 31.3 Å². The lowest BCUT2D eigenvalue weighted by atomic mass is 9.70. The Kier molecular flexibility index (Phi) is 5.23. The number of hydrogen-bond donors (Lipinski definition) is 0. The first-order valence-corrected chi connectivity index (χ1v) is 12.5. The molecule has 6 nitrogen and oxygen atoms in total. The van der Waals surface area contributed by atoms with Gasteiger partial charge in [-0.05, 0) is 42.7 Å². The van der Waals surface area contributed by atoms with Crippen LogP contribution in [0.4, 0.5) is 0 Å². The lowest BCUT2D eigenvalue weighted by molar-refractivity contribution is -0.0778. The van der Waals surface area contributed by atoms with Crippen LogP contribution in [-0.4, -0.2) is 53.7 Å². The van der Waals surface area contributed by atoms with Crippen LogP contribution in [0.1, 0.15) is 65.0 Å². The third kappa shape index (κ3) is 3.29. The molecule has 0 saturated carbocycles. The number of rotatable bonds is 3. The van der Waals surface area contributed by atoms with E-state index >= 15 is 0 Å². The van der Waals surface area contributed by atoms with Crippen LogP contribution < -0.4 is 4.74 Å². The van der Waals surface area contributed by atoms with E-state index in [4.69, 9.17) is 15.9 Å². The van der Waals surface area contributed by atoms with Gasteiger partial charge in [0, 0.05) is 42.2 Å². The van der Waals surface area contributed by atoms with Gasteiger partial charge in [-0.25, -0.2) is 0 Å². The molecule has 0 bridgehead atoms. The topological polar surface area (TPSA) is 67.5 Å². The molecule has 1 aromatic heterocycles. The van der Waals surface area contributed by atoms with Crippen LogP contribution in [0, 0.1) is 23.7 Å². The number of nitrogens with zero attached hydrogens (tertiary/aromatic N) is 3. The van der Waals surface area contributed by atoms with Gasteiger partial charge in [0.2, 0.25) is 0 Å². The van der Waals surface area contributed by atoms with Crippen molar-refractivity contribution in [2.45, 2.75) is 44.2 Å². The first kappa shape index (κ1) is 22.9. The maximum absolute atomic E-state index is 13.9. The summed E-state index contributed by atoms with van der Waals surface area (Å²) in [6.07, 6.45) is 7.88. The molecule has 182 valence electrons. The smallest absolute Gasteiger partial charge is 0.195 e. The van der Waals surface area contributed by atoms with Crippen molar-refractivity contribution in [2.24, 2.45) is 7.05 Å². The number of ketones is 1. The fraction of sp³-hybridized carbons (Fsp3) is 0.400. The third-order valence-electron chi connectivity index (χ3n) is 8.25. The molecule has 2 aromatic carbocycles. The van der Waals surface area contributed by atoms with Crippen molar-refractivity contribution in [3.05, 3.63) is 63.8 Å². The van der Waals surface area contributed by atoms with Gasteiger partial charge in [-0.1, -0.05) is 25.8 Å². The maximum Gasteiger partial charge on any atom is 0.195 e. The minimum atomic E-state index is -0.460.